The van der Waals surface area contributed by atoms with E-state index in [4.69, 9.17) is 9.47 Å². The van der Waals surface area contributed by atoms with Crippen molar-refractivity contribution in [3.05, 3.63) is 47.5 Å². The summed E-state index contributed by atoms with van der Waals surface area (Å²) in [4.78, 5) is 18.9. The standard InChI is InChI=1S/C17H15N3O3/c1-22-14-7-11-13(8-15(14)23-2)20-9-18-12-6-4-3-5-10(12)16(20)19-17(11)21/h3-9,16H,1-2H3,(H,19,21). The minimum atomic E-state index is -0.276. The second kappa shape index (κ2) is 5.01. The van der Waals surface area contributed by atoms with Gasteiger partial charge in [0, 0.05) is 11.6 Å². The maximum Gasteiger partial charge on any atom is 0.255 e. The highest BCUT2D eigenvalue weighted by Crippen LogP contribution is 2.42. The predicted octanol–water partition coefficient (Wildman–Crippen LogP) is 2.63. The number of rotatable bonds is 2. The fourth-order valence-corrected chi connectivity index (χ4v) is 2.99. The van der Waals surface area contributed by atoms with Crippen molar-refractivity contribution >= 4 is 23.6 Å². The Morgan fingerprint density at radius 3 is 2.65 bits per heavy atom. The Bertz CT molecular complexity index is 832. The lowest BCUT2D eigenvalue weighted by molar-refractivity contribution is 0.0930. The van der Waals surface area contributed by atoms with E-state index in [1.807, 2.05) is 29.2 Å². The summed E-state index contributed by atoms with van der Waals surface area (Å²) in [6, 6.07) is 11.3. The summed E-state index contributed by atoms with van der Waals surface area (Å²) >= 11 is 0. The molecule has 2 aromatic carbocycles. The summed E-state index contributed by atoms with van der Waals surface area (Å²) in [6.07, 6.45) is 1.46. The van der Waals surface area contributed by atoms with E-state index < -0.39 is 0 Å². The van der Waals surface area contributed by atoms with Crippen molar-refractivity contribution < 1.29 is 14.3 Å². The second-order valence-corrected chi connectivity index (χ2v) is 5.31. The number of methoxy groups -OCH3 is 2. The van der Waals surface area contributed by atoms with Crippen LogP contribution < -0.4 is 19.7 Å². The van der Waals surface area contributed by atoms with Gasteiger partial charge in [-0.2, -0.15) is 0 Å². The second-order valence-electron chi connectivity index (χ2n) is 5.31. The van der Waals surface area contributed by atoms with Gasteiger partial charge in [-0.25, -0.2) is 4.99 Å². The third-order valence-electron chi connectivity index (χ3n) is 4.12. The van der Waals surface area contributed by atoms with E-state index in [9.17, 15) is 4.79 Å². The van der Waals surface area contributed by atoms with Gasteiger partial charge in [0.25, 0.3) is 5.91 Å². The van der Waals surface area contributed by atoms with Gasteiger partial charge in [0.2, 0.25) is 0 Å². The summed E-state index contributed by atoms with van der Waals surface area (Å²) in [5, 5.41) is 3.02. The van der Waals surface area contributed by atoms with E-state index in [2.05, 4.69) is 10.3 Å². The number of anilines is 1. The molecule has 1 N–H and O–H groups in total. The summed E-state index contributed by atoms with van der Waals surface area (Å²) in [6.45, 7) is 0. The number of nitrogens with zero attached hydrogens (tertiary/aromatic N) is 2. The molecular weight excluding hydrogens is 294 g/mol. The molecule has 0 aliphatic carbocycles. The molecule has 1 atom stereocenters. The predicted molar refractivity (Wildman–Crippen MR) is 86.8 cm³/mol. The Morgan fingerprint density at radius 2 is 1.87 bits per heavy atom. The minimum absolute atomic E-state index is 0.146. The van der Waals surface area contributed by atoms with E-state index in [1.165, 1.54) is 0 Å². The van der Waals surface area contributed by atoms with E-state index in [-0.39, 0.29) is 12.1 Å². The lowest BCUT2D eigenvalue weighted by Gasteiger charge is -2.39. The third-order valence-corrected chi connectivity index (χ3v) is 4.12. The van der Waals surface area contributed by atoms with Crippen LogP contribution in [-0.4, -0.2) is 26.5 Å². The first-order chi connectivity index (χ1) is 11.2. The summed E-state index contributed by atoms with van der Waals surface area (Å²) in [5.41, 5.74) is 3.10. The van der Waals surface area contributed by atoms with E-state index in [0.29, 0.717) is 17.1 Å². The number of nitrogens with one attached hydrogen (secondary N) is 1. The fourth-order valence-electron chi connectivity index (χ4n) is 2.99. The van der Waals surface area contributed by atoms with Crippen LogP contribution in [0.5, 0.6) is 11.5 Å². The van der Waals surface area contributed by atoms with Crippen LogP contribution in [0.25, 0.3) is 0 Å². The zero-order chi connectivity index (χ0) is 16.0. The molecule has 0 saturated heterocycles. The average molecular weight is 309 g/mol. The van der Waals surface area contributed by atoms with Gasteiger partial charge in [0.15, 0.2) is 11.5 Å². The zero-order valence-corrected chi connectivity index (χ0v) is 12.7. The molecule has 6 heteroatoms. The van der Waals surface area contributed by atoms with E-state index >= 15 is 0 Å². The highest BCUT2D eigenvalue weighted by Gasteiger charge is 2.35. The SMILES string of the molecule is COc1cc2c(cc1OC)N1C=Nc3ccccc3C1NC2=O. The Balaban J connectivity index is 1.89. The van der Waals surface area contributed by atoms with Gasteiger partial charge in [0.05, 0.1) is 37.5 Å². The van der Waals surface area contributed by atoms with Crippen LogP contribution in [0.15, 0.2) is 41.4 Å². The molecule has 0 aromatic heterocycles. The molecule has 0 radical (unpaired) electrons. The molecule has 1 amide bonds. The quantitative estimate of drug-likeness (QED) is 0.926. The first-order valence-corrected chi connectivity index (χ1v) is 7.21. The first kappa shape index (κ1) is 13.6. The van der Waals surface area contributed by atoms with Crippen molar-refractivity contribution in [3.63, 3.8) is 0 Å². The summed E-state index contributed by atoms with van der Waals surface area (Å²) in [5.74, 6) is 0.952. The molecule has 0 bridgehead atoms. The van der Waals surface area contributed by atoms with Crippen LogP contribution in [0.2, 0.25) is 0 Å². The number of carbonyl (C=O) groups excluding carboxylic acids is 1. The first-order valence-electron chi connectivity index (χ1n) is 7.21. The molecule has 0 saturated carbocycles. The van der Waals surface area contributed by atoms with Gasteiger partial charge in [-0.3, -0.25) is 4.79 Å². The van der Waals surface area contributed by atoms with Gasteiger partial charge in [0.1, 0.15) is 6.17 Å². The Labute approximate surface area is 133 Å². The topological polar surface area (TPSA) is 63.2 Å². The number of fused-ring (bicyclic) bond motifs is 5. The van der Waals surface area contributed by atoms with Crippen LogP contribution in [-0.2, 0) is 0 Å². The van der Waals surface area contributed by atoms with Gasteiger partial charge >= 0.3 is 0 Å². The van der Waals surface area contributed by atoms with E-state index in [1.54, 1.807) is 32.7 Å². The van der Waals surface area contributed by atoms with Crippen molar-refractivity contribution in [2.24, 2.45) is 4.99 Å². The number of hydrogen-bond donors (Lipinski definition) is 1. The number of carbonyl (C=O) groups is 1. The van der Waals surface area contributed by atoms with Crippen molar-refractivity contribution in [1.82, 2.24) is 5.32 Å². The van der Waals surface area contributed by atoms with Crippen molar-refractivity contribution in [1.29, 1.82) is 0 Å². The van der Waals surface area contributed by atoms with Gasteiger partial charge in [-0.15, -0.1) is 0 Å². The van der Waals surface area contributed by atoms with Gasteiger partial charge in [-0.05, 0) is 12.1 Å². The highest BCUT2D eigenvalue weighted by atomic mass is 16.5. The number of hydrogen-bond acceptors (Lipinski definition) is 5. The normalized spacial score (nSPS) is 17.7. The molecule has 23 heavy (non-hydrogen) atoms. The lowest BCUT2D eigenvalue weighted by atomic mass is 10.0. The molecule has 116 valence electrons. The summed E-state index contributed by atoms with van der Waals surface area (Å²) in [7, 11) is 3.12. The number of para-hydroxylation sites is 1. The molecule has 4 rings (SSSR count). The van der Waals surface area contributed by atoms with E-state index in [0.717, 1.165) is 16.9 Å². The van der Waals surface area contributed by atoms with Crippen molar-refractivity contribution in [3.8, 4) is 11.5 Å². The molecule has 2 aromatic rings. The molecular formula is C17H15N3O3. The Kier molecular flexibility index (Phi) is 2.97. The molecule has 2 heterocycles. The largest absolute Gasteiger partial charge is 0.493 e. The third kappa shape index (κ3) is 1.95. The van der Waals surface area contributed by atoms with Gasteiger partial charge in [-0.1, -0.05) is 18.2 Å². The molecule has 2 aliphatic rings. The minimum Gasteiger partial charge on any atom is -0.493 e. The van der Waals surface area contributed by atoms with Crippen LogP contribution >= 0.6 is 0 Å². The van der Waals surface area contributed by atoms with Crippen LogP contribution in [0.3, 0.4) is 0 Å². The van der Waals surface area contributed by atoms with Crippen LogP contribution in [0.4, 0.5) is 11.4 Å². The number of ether oxygens (including phenoxy) is 2. The van der Waals surface area contributed by atoms with Crippen LogP contribution in [0.1, 0.15) is 22.1 Å². The fraction of sp³-hybridized carbons (Fsp3) is 0.176. The Morgan fingerprint density at radius 1 is 1.13 bits per heavy atom. The van der Waals surface area contributed by atoms with Crippen LogP contribution in [0, 0.1) is 0 Å². The molecule has 2 aliphatic heterocycles. The maximum absolute atomic E-state index is 12.5. The molecule has 0 fully saturated rings. The Hall–Kier alpha value is -3.02. The van der Waals surface area contributed by atoms with Crippen molar-refractivity contribution in [2.75, 3.05) is 19.1 Å². The number of benzene rings is 2. The monoisotopic (exact) mass is 309 g/mol. The molecule has 1 unspecified atom stereocenters. The average Bonchev–Trinajstić information content (AvgIpc) is 2.60. The molecule has 6 nitrogen and oxygen atoms in total. The highest BCUT2D eigenvalue weighted by molar-refractivity contribution is 6.07. The number of aliphatic imine (C=N–C) groups is 1. The smallest absolute Gasteiger partial charge is 0.255 e. The summed E-state index contributed by atoms with van der Waals surface area (Å²) < 4.78 is 10.6. The number of amides is 1. The maximum atomic E-state index is 12.5. The molecule has 0 spiro atoms. The van der Waals surface area contributed by atoms with Gasteiger partial charge < -0.3 is 19.7 Å². The lowest BCUT2D eigenvalue weighted by Crippen LogP contribution is -2.47. The zero-order valence-electron chi connectivity index (χ0n) is 12.7. The van der Waals surface area contributed by atoms with Crippen molar-refractivity contribution in [2.45, 2.75) is 6.17 Å².